The average Bonchev–Trinajstić information content (AvgIpc) is 3.17. The Morgan fingerprint density at radius 3 is 2.60 bits per heavy atom. The molecule has 2 aromatic rings. The number of carbonyl (C=O) groups excluding carboxylic acids is 1. The van der Waals surface area contributed by atoms with Crippen LogP contribution in [0.15, 0.2) is 41.8 Å². The van der Waals surface area contributed by atoms with Crippen molar-refractivity contribution in [1.82, 2.24) is 10.2 Å². The van der Waals surface area contributed by atoms with E-state index in [1.807, 2.05) is 0 Å². The Balaban J connectivity index is 1.33. The van der Waals surface area contributed by atoms with Gasteiger partial charge < -0.3 is 10.6 Å². The Morgan fingerprint density at radius 1 is 1.16 bits per heavy atom. The number of fused-ring (bicyclic) bond motifs is 2. The number of nitrogens with zero attached hydrogens (tertiary/aromatic N) is 1. The second-order valence-electron chi connectivity index (χ2n) is 6.88. The summed E-state index contributed by atoms with van der Waals surface area (Å²) in [6, 6.07) is 11.4. The summed E-state index contributed by atoms with van der Waals surface area (Å²) in [5.41, 5.74) is 0.220. The van der Waals surface area contributed by atoms with E-state index >= 15 is 0 Å². The van der Waals surface area contributed by atoms with Crippen LogP contribution in [-0.2, 0) is 6.54 Å². The maximum atomic E-state index is 13.6. The van der Waals surface area contributed by atoms with Gasteiger partial charge in [0.1, 0.15) is 5.82 Å². The van der Waals surface area contributed by atoms with E-state index in [9.17, 15) is 9.18 Å². The normalized spacial score (nSPS) is 25.7. The molecular weight excluding hydrogens is 337 g/mol. The summed E-state index contributed by atoms with van der Waals surface area (Å²) in [7, 11) is 0. The van der Waals surface area contributed by atoms with Crippen LogP contribution in [-0.4, -0.2) is 29.1 Å². The first-order valence-electron chi connectivity index (χ1n) is 8.79. The van der Waals surface area contributed by atoms with Crippen LogP contribution in [0.1, 0.15) is 30.6 Å². The van der Waals surface area contributed by atoms with Crippen molar-refractivity contribution in [2.75, 3.05) is 5.32 Å². The number of anilines is 1. The monoisotopic (exact) mass is 359 g/mol. The van der Waals surface area contributed by atoms with Crippen molar-refractivity contribution in [3.8, 4) is 0 Å². The number of hydrogen-bond acceptors (Lipinski definition) is 3. The lowest BCUT2D eigenvalue weighted by Gasteiger charge is -2.39. The molecule has 1 aromatic heterocycles. The first kappa shape index (κ1) is 16.5. The van der Waals surface area contributed by atoms with Gasteiger partial charge in [-0.25, -0.2) is 9.18 Å². The number of urea groups is 1. The molecule has 0 saturated carbocycles. The Morgan fingerprint density at radius 2 is 1.92 bits per heavy atom. The highest BCUT2D eigenvalue weighted by Crippen LogP contribution is 2.37. The number of thiophene rings is 1. The second-order valence-corrected chi connectivity index (χ2v) is 7.92. The number of rotatable bonds is 4. The lowest BCUT2D eigenvalue weighted by molar-refractivity contribution is 0.113. The molecule has 3 heterocycles. The number of piperidine rings is 1. The Kier molecular flexibility index (Phi) is 4.72. The van der Waals surface area contributed by atoms with Crippen molar-refractivity contribution in [1.29, 1.82) is 0 Å². The van der Waals surface area contributed by atoms with E-state index < -0.39 is 5.82 Å². The van der Waals surface area contributed by atoms with Crippen LogP contribution >= 0.6 is 11.3 Å². The molecule has 4 rings (SSSR count). The molecule has 25 heavy (non-hydrogen) atoms. The van der Waals surface area contributed by atoms with E-state index in [2.05, 4.69) is 33.0 Å². The fourth-order valence-electron chi connectivity index (χ4n) is 4.14. The Bertz CT molecular complexity index is 722. The molecule has 2 N–H and O–H groups in total. The van der Waals surface area contributed by atoms with Crippen LogP contribution in [0.25, 0.3) is 0 Å². The summed E-state index contributed by atoms with van der Waals surface area (Å²) in [5, 5.41) is 7.78. The third kappa shape index (κ3) is 3.70. The molecule has 2 atom stereocenters. The van der Waals surface area contributed by atoms with Gasteiger partial charge in [0.05, 0.1) is 5.69 Å². The maximum absolute atomic E-state index is 13.6. The van der Waals surface area contributed by atoms with Gasteiger partial charge in [0.15, 0.2) is 0 Å². The van der Waals surface area contributed by atoms with Crippen LogP contribution in [0, 0.1) is 5.82 Å². The van der Waals surface area contributed by atoms with Gasteiger partial charge in [-0.05, 0) is 49.3 Å². The lowest BCUT2D eigenvalue weighted by Crippen LogP contribution is -2.50. The summed E-state index contributed by atoms with van der Waals surface area (Å²) in [4.78, 5) is 16.2. The standard InChI is InChI=1S/C19H22FN3OS/c20-17-5-1-2-6-18(17)22-19(24)21-13-10-14-7-8-15(11-13)23(14)12-16-4-3-9-25-16/h1-6,9,13-15H,7-8,10-12H2,(H2,21,22,24). The van der Waals surface area contributed by atoms with Crippen molar-refractivity contribution in [2.45, 2.75) is 50.4 Å². The first-order chi connectivity index (χ1) is 12.2. The topological polar surface area (TPSA) is 44.4 Å². The molecule has 2 aliphatic heterocycles. The fourth-order valence-corrected chi connectivity index (χ4v) is 4.85. The van der Waals surface area contributed by atoms with Crippen LogP contribution in [0.4, 0.5) is 14.9 Å². The van der Waals surface area contributed by atoms with Gasteiger partial charge in [-0.1, -0.05) is 18.2 Å². The van der Waals surface area contributed by atoms with E-state index in [0.29, 0.717) is 12.1 Å². The molecule has 4 nitrogen and oxygen atoms in total. The van der Waals surface area contributed by atoms with E-state index in [0.717, 1.165) is 19.4 Å². The molecule has 2 aliphatic rings. The lowest BCUT2D eigenvalue weighted by atomic mass is 9.97. The quantitative estimate of drug-likeness (QED) is 0.859. The van der Waals surface area contributed by atoms with Crippen LogP contribution in [0.3, 0.4) is 0 Å². The molecule has 2 fully saturated rings. The summed E-state index contributed by atoms with van der Waals surface area (Å²) in [5.74, 6) is -0.413. The highest BCUT2D eigenvalue weighted by Gasteiger charge is 2.41. The summed E-state index contributed by atoms with van der Waals surface area (Å²) < 4.78 is 13.6. The predicted molar refractivity (Wildman–Crippen MR) is 98.2 cm³/mol. The zero-order valence-electron chi connectivity index (χ0n) is 14.0. The molecule has 0 aliphatic carbocycles. The molecule has 0 spiro atoms. The molecule has 2 saturated heterocycles. The van der Waals surface area contributed by atoms with Gasteiger partial charge >= 0.3 is 6.03 Å². The number of para-hydroxylation sites is 1. The van der Waals surface area contributed by atoms with Crippen LogP contribution < -0.4 is 10.6 Å². The van der Waals surface area contributed by atoms with Gasteiger partial charge in [-0.3, -0.25) is 4.90 Å². The second kappa shape index (κ2) is 7.14. The molecule has 2 amide bonds. The summed E-state index contributed by atoms with van der Waals surface area (Å²) in [6.07, 6.45) is 4.32. The number of nitrogens with one attached hydrogen (secondary N) is 2. The third-order valence-electron chi connectivity index (χ3n) is 5.26. The van der Waals surface area contributed by atoms with Crippen molar-refractivity contribution in [3.05, 3.63) is 52.5 Å². The molecule has 0 radical (unpaired) electrons. The smallest absolute Gasteiger partial charge is 0.319 e. The molecule has 2 unspecified atom stereocenters. The molecule has 1 aromatic carbocycles. The number of halogens is 1. The van der Waals surface area contributed by atoms with Gasteiger partial charge in [-0.15, -0.1) is 11.3 Å². The van der Waals surface area contributed by atoms with Crippen molar-refractivity contribution >= 4 is 23.1 Å². The number of benzene rings is 1. The number of amides is 2. The zero-order chi connectivity index (χ0) is 17.2. The Hall–Kier alpha value is -1.92. The SMILES string of the molecule is O=C(Nc1ccccc1F)NC1CC2CCC(C1)N2Cc1cccs1. The van der Waals surface area contributed by atoms with Gasteiger partial charge in [0, 0.05) is 29.5 Å². The molecule has 132 valence electrons. The van der Waals surface area contributed by atoms with Crippen LogP contribution in [0.5, 0.6) is 0 Å². The van der Waals surface area contributed by atoms with Gasteiger partial charge in [0.25, 0.3) is 0 Å². The number of hydrogen-bond donors (Lipinski definition) is 2. The minimum atomic E-state index is -0.413. The molecular formula is C19H22FN3OS. The third-order valence-corrected chi connectivity index (χ3v) is 6.12. The van der Waals surface area contributed by atoms with Crippen molar-refractivity contribution in [2.24, 2.45) is 0 Å². The van der Waals surface area contributed by atoms with E-state index in [4.69, 9.17) is 0 Å². The Labute approximate surface area is 151 Å². The van der Waals surface area contributed by atoms with E-state index in [1.165, 1.54) is 23.8 Å². The highest BCUT2D eigenvalue weighted by atomic mass is 32.1. The highest BCUT2D eigenvalue weighted by molar-refractivity contribution is 7.09. The molecule has 2 bridgehead atoms. The minimum Gasteiger partial charge on any atom is -0.335 e. The first-order valence-corrected chi connectivity index (χ1v) is 9.67. The predicted octanol–water partition coefficient (Wildman–Crippen LogP) is 4.20. The maximum Gasteiger partial charge on any atom is 0.319 e. The summed E-state index contributed by atoms with van der Waals surface area (Å²) >= 11 is 1.81. The van der Waals surface area contributed by atoms with Gasteiger partial charge in [-0.2, -0.15) is 0 Å². The van der Waals surface area contributed by atoms with Gasteiger partial charge in [0.2, 0.25) is 0 Å². The van der Waals surface area contributed by atoms with Crippen molar-refractivity contribution < 1.29 is 9.18 Å². The average molecular weight is 359 g/mol. The molecule has 6 heteroatoms. The minimum absolute atomic E-state index is 0.156. The van der Waals surface area contributed by atoms with E-state index in [1.54, 1.807) is 29.5 Å². The zero-order valence-corrected chi connectivity index (χ0v) is 14.8. The largest absolute Gasteiger partial charge is 0.335 e. The summed E-state index contributed by atoms with van der Waals surface area (Å²) in [6.45, 7) is 1.02. The number of carbonyl (C=O) groups is 1. The van der Waals surface area contributed by atoms with E-state index in [-0.39, 0.29) is 17.8 Å². The van der Waals surface area contributed by atoms with Crippen LogP contribution in [0.2, 0.25) is 0 Å². The van der Waals surface area contributed by atoms with Crippen molar-refractivity contribution in [3.63, 3.8) is 0 Å². The fraction of sp³-hybridized carbons (Fsp3) is 0.421.